The van der Waals surface area contributed by atoms with Gasteiger partial charge in [-0.05, 0) is 55.8 Å². The van der Waals surface area contributed by atoms with Crippen molar-refractivity contribution < 1.29 is 17.9 Å². The summed E-state index contributed by atoms with van der Waals surface area (Å²) in [7, 11) is -3.72. The van der Waals surface area contributed by atoms with Gasteiger partial charge in [0.1, 0.15) is 6.04 Å². The van der Waals surface area contributed by atoms with E-state index in [0.29, 0.717) is 35.2 Å². The molecule has 0 radical (unpaired) electrons. The maximum absolute atomic E-state index is 12.9. The molecule has 9 heteroatoms. The van der Waals surface area contributed by atoms with Crippen LogP contribution in [-0.2, 0) is 19.6 Å². The number of morpholine rings is 1. The molecule has 1 aliphatic heterocycles. The van der Waals surface area contributed by atoms with E-state index in [4.69, 9.17) is 16.3 Å². The van der Waals surface area contributed by atoms with Crippen molar-refractivity contribution in [2.75, 3.05) is 47.1 Å². The lowest BCUT2D eigenvalue weighted by Gasteiger charge is -2.30. The predicted molar refractivity (Wildman–Crippen MR) is 121 cm³/mol. The Morgan fingerprint density at radius 1 is 1.17 bits per heavy atom. The Bertz CT molecular complexity index is 1010. The highest BCUT2D eigenvalue weighted by Crippen LogP contribution is 2.29. The number of rotatable bonds is 6. The van der Waals surface area contributed by atoms with Crippen molar-refractivity contribution in [1.82, 2.24) is 0 Å². The average Bonchev–Trinajstić information content (AvgIpc) is 2.71. The van der Waals surface area contributed by atoms with Crippen molar-refractivity contribution in [2.24, 2.45) is 0 Å². The molecule has 2 aromatic carbocycles. The highest BCUT2D eigenvalue weighted by atomic mass is 35.5. The van der Waals surface area contributed by atoms with Crippen molar-refractivity contribution in [2.45, 2.75) is 19.9 Å². The van der Waals surface area contributed by atoms with Crippen LogP contribution in [0.4, 0.5) is 17.1 Å². The van der Waals surface area contributed by atoms with Crippen LogP contribution in [0.1, 0.15) is 12.5 Å². The van der Waals surface area contributed by atoms with Gasteiger partial charge in [-0.25, -0.2) is 8.42 Å². The van der Waals surface area contributed by atoms with E-state index in [1.807, 2.05) is 24.3 Å². The Balaban J connectivity index is 1.78. The highest BCUT2D eigenvalue weighted by molar-refractivity contribution is 7.92. The third kappa shape index (κ3) is 5.24. The molecule has 0 spiro atoms. The van der Waals surface area contributed by atoms with E-state index >= 15 is 0 Å². The van der Waals surface area contributed by atoms with Crippen molar-refractivity contribution in [3.05, 3.63) is 53.1 Å². The fraction of sp³-hybridized carbons (Fsp3) is 0.381. The molecule has 1 N–H and O–H groups in total. The monoisotopic (exact) mass is 451 g/mol. The molecule has 30 heavy (non-hydrogen) atoms. The lowest BCUT2D eigenvalue weighted by atomic mass is 10.1. The Kier molecular flexibility index (Phi) is 6.90. The number of hydrogen-bond donors (Lipinski definition) is 1. The quantitative estimate of drug-likeness (QED) is 0.729. The molecule has 0 aromatic heterocycles. The van der Waals surface area contributed by atoms with Crippen LogP contribution in [-0.4, -0.2) is 52.9 Å². The predicted octanol–water partition coefficient (Wildman–Crippen LogP) is 3.28. The number of amides is 1. The lowest BCUT2D eigenvalue weighted by molar-refractivity contribution is -0.116. The molecule has 1 atom stereocenters. The first kappa shape index (κ1) is 22.4. The van der Waals surface area contributed by atoms with E-state index in [1.165, 1.54) is 0 Å². The van der Waals surface area contributed by atoms with Crippen LogP contribution in [0, 0.1) is 6.92 Å². The maximum Gasteiger partial charge on any atom is 0.247 e. The van der Waals surface area contributed by atoms with E-state index in [2.05, 4.69) is 10.2 Å². The number of nitrogens with zero attached hydrogens (tertiary/aromatic N) is 2. The van der Waals surface area contributed by atoms with Gasteiger partial charge in [-0.2, -0.15) is 0 Å². The third-order valence-electron chi connectivity index (χ3n) is 5.01. The Morgan fingerprint density at radius 2 is 1.80 bits per heavy atom. The molecule has 3 rings (SSSR count). The first-order chi connectivity index (χ1) is 14.2. The van der Waals surface area contributed by atoms with Crippen LogP contribution < -0.4 is 14.5 Å². The molecule has 162 valence electrons. The smallest absolute Gasteiger partial charge is 0.247 e. The van der Waals surface area contributed by atoms with Gasteiger partial charge in [-0.15, -0.1) is 0 Å². The van der Waals surface area contributed by atoms with Gasteiger partial charge in [0.15, 0.2) is 0 Å². The summed E-state index contributed by atoms with van der Waals surface area (Å²) in [6, 6.07) is 11.5. The Hall–Kier alpha value is -2.29. The summed E-state index contributed by atoms with van der Waals surface area (Å²) in [5.41, 5.74) is 2.74. The molecule has 2 aromatic rings. The first-order valence-corrected chi connectivity index (χ1v) is 11.9. The van der Waals surface area contributed by atoms with E-state index in [0.717, 1.165) is 29.3 Å². The zero-order valence-electron chi connectivity index (χ0n) is 17.3. The molecule has 1 aliphatic rings. The van der Waals surface area contributed by atoms with Crippen LogP contribution in [0.15, 0.2) is 42.5 Å². The van der Waals surface area contributed by atoms with Crippen molar-refractivity contribution in [3.8, 4) is 0 Å². The molecular formula is C21H26ClN3O4S. The summed E-state index contributed by atoms with van der Waals surface area (Å²) in [5, 5.41) is 3.21. The van der Waals surface area contributed by atoms with Crippen molar-refractivity contribution >= 4 is 44.6 Å². The largest absolute Gasteiger partial charge is 0.378 e. The standard InChI is InChI=1S/C21H26ClN3O4S/c1-15-4-5-17(22)14-20(15)25(30(3,27)28)16(2)21(26)23-18-6-8-19(9-7-18)24-10-12-29-13-11-24/h4-9,14,16H,10-13H2,1-3H3,(H,23,26)/t16-/m0/s1. The summed E-state index contributed by atoms with van der Waals surface area (Å²) < 4.78 is 31.5. The molecule has 0 unspecified atom stereocenters. The normalized spacial score (nSPS) is 15.5. The van der Waals surface area contributed by atoms with Gasteiger partial charge in [0.2, 0.25) is 15.9 Å². The van der Waals surface area contributed by atoms with Gasteiger partial charge < -0.3 is 15.0 Å². The topological polar surface area (TPSA) is 79.0 Å². The molecular weight excluding hydrogens is 426 g/mol. The second-order valence-electron chi connectivity index (χ2n) is 7.30. The number of nitrogens with one attached hydrogen (secondary N) is 1. The number of hydrogen-bond acceptors (Lipinski definition) is 5. The highest BCUT2D eigenvalue weighted by Gasteiger charge is 2.30. The second kappa shape index (κ2) is 9.24. The third-order valence-corrected chi connectivity index (χ3v) is 6.47. The molecule has 0 aliphatic carbocycles. The number of carbonyl (C=O) groups excluding carboxylic acids is 1. The Labute approximate surface area is 182 Å². The van der Waals surface area contributed by atoms with Crippen LogP contribution in [0.5, 0.6) is 0 Å². The zero-order valence-corrected chi connectivity index (χ0v) is 18.8. The molecule has 0 bridgehead atoms. The molecule has 1 heterocycles. The fourth-order valence-corrected chi connectivity index (χ4v) is 4.82. The van der Waals surface area contributed by atoms with Gasteiger partial charge >= 0.3 is 0 Å². The van der Waals surface area contributed by atoms with Crippen LogP contribution in [0.3, 0.4) is 0 Å². The summed E-state index contributed by atoms with van der Waals surface area (Å²) in [6.45, 7) is 6.37. The first-order valence-electron chi connectivity index (χ1n) is 9.66. The second-order valence-corrected chi connectivity index (χ2v) is 9.60. The summed E-state index contributed by atoms with van der Waals surface area (Å²) in [5.74, 6) is -0.432. The Morgan fingerprint density at radius 3 is 2.40 bits per heavy atom. The van der Waals surface area contributed by atoms with Gasteiger partial charge in [-0.3, -0.25) is 9.10 Å². The number of halogens is 1. The minimum absolute atomic E-state index is 0.385. The molecule has 1 saturated heterocycles. The number of carbonyl (C=O) groups is 1. The summed E-state index contributed by atoms with van der Waals surface area (Å²) in [6.07, 6.45) is 1.08. The van der Waals surface area contributed by atoms with E-state index in [9.17, 15) is 13.2 Å². The molecule has 7 nitrogen and oxygen atoms in total. The van der Waals surface area contributed by atoms with Gasteiger partial charge in [-0.1, -0.05) is 17.7 Å². The summed E-state index contributed by atoms with van der Waals surface area (Å²) in [4.78, 5) is 15.1. The lowest BCUT2D eigenvalue weighted by Crippen LogP contribution is -2.45. The molecule has 0 saturated carbocycles. The summed E-state index contributed by atoms with van der Waals surface area (Å²) >= 11 is 6.07. The SMILES string of the molecule is Cc1ccc(Cl)cc1N([C@@H](C)C(=O)Nc1ccc(N2CCOCC2)cc1)S(C)(=O)=O. The number of ether oxygens (including phenoxy) is 1. The van der Waals surface area contributed by atoms with Gasteiger partial charge in [0.05, 0.1) is 25.2 Å². The van der Waals surface area contributed by atoms with E-state index in [1.54, 1.807) is 32.0 Å². The fourth-order valence-electron chi connectivity index (χ4n) is 3.42. The van der Waals surface area contributed by atoms with Crippen LogP contribution in [0.2, 0.25) is 5.02 Å². The van der Waals surface area contributed by atoms with E-state index < -0.39 is 22.0 Å². The number of aryl methyl sites for hydroxylation is 1. The van der Waals surface area contributed by atoms with Crippen LogP contribution in [0.25, 0.3) is 0 Å². The number of sulfonamides is 1. The van der Waals surface area contributed by atoms with Gasteiger partial charge in [0.25, 0.3) is 0 Å². The maximum atomic E-state index is 12.9. The zero-order chi connectivity index (χ0) is 21.9. The molecule has 1 fully saturated rings. The average molecular weight is 452 g/mol. The number of benzene rings is 2. The van der Waals surface area contributed by atoms with Crippen molar-refractivity contribution in [3.63, 3.8) is 0 Å². The minimum Gasteiger partial charge on any atom is -0.378 e. The van der Waals surface area contributed by atoms with E-state index in [-0.39, 0.29) is 0 Å². The minimum atomic E-state index is -3.72. The van der Waals surface area contributed by atoms with Crippen LogP contribution >= 0.6 is 11.6 Å². The number of anilines is 3. The van der Waals surface area contributed by atoms with Crippen molar-refractivity contribution in [1.29, 1.82) is 0 Å². The van der Waals surface area contributed by atoms with Gasteiger partial charge in [0, 0.05) is 29.5 Å². The molecule has 1 amide bonds.